The lowest BCUT2D eigenvalue weighted by Gasteiger charge is -2.22. The molecule has 0 heterocycles. The summed E-state index contributed by atoms with van der Waals surface area (Å²) < 4.78 is 5.50. The van der Waals surface area contributed by atoms with E-state index in [1.807, 2.05) is 0 Å². The Morgan fingerprint density at radius 1 is 0.329 bits per heavy atom. The van der Waals surface area contributed by atoms with Crippen LogP contribution < -0.4 is 5.32 Å². The molecule has 0 bridgehead atoms. The van der Waals surface area contributed by atoms with Crippen LogP contribution >= 0.6 is 0 Å². The van der Waals surface area contributed by atoms with Crippen LogP contribution in [0.2, 0.25) is 0 Å². The van der Waals surface area contributed by atoms with Gasteiger partial charge in [-0.05, 0) is 51.4 Å². The molecule has 0 saturated carbocycles. The molecule has 2 atom stereocenters. The van der Waals surface area contributed by atoms with Crippen LogP contribution in [0.4, 0.5) is 0 Å². The van der Waals surface area contributed by atoms with E-state index < -0.39 is 12.1 Å². The van der Waals surface area contributed by atoms with Gasteiger partial charge in [0.15, 0.2) is 0 Å². The molecule has 0 aliphatic carbocycles. The Hall–Kier alpha value is -1.40. The highest BCUT2D eigenvalue weighted by molar-refractivity contribution is 5.76. The van der Waals surface area contributed by atoms with Crippen molar-refractivity contribution in [1.29, 1.82) is 0 Å². The molecule has 0 saturated heterocycles. The lowest BCUT2D eigenvalue weighted by Crippen LogP contribution is -2.45. The van der Waals surface area contributed by atoms with Gasteiger partial charge in [-0.3, -0.25) is 9.59 Å². The largest absolute Gasteiger partial charge is 0.466 e. The van der Waals surface area contributed by atoms with Crippen LogP contribution in [0.1, 0.15) is 438 Å². The van der Waals surface area contributed by atoms with Crippen LogP contribution in [0, 0.1) is 0 Å². The monoisotopic (exact) mass is 1160 g/mol. The molecule has 6 heteroatoms. The molecule has 0 aliphatic heterocycles. The number of rotatable bonds is 72. The van der Waals surface area contributed by atoms with Crippen molar-refractivity contribution in [1.82, 2.24) is 5.32 Å². The Bertz CT molecular complexity index is 1240. The van der Waals surface area contributed by atoms with Crippen molar-refractivity contribution in [2.75, 3.05) is 13.2 Å². The number of nitrogens with one attached hydrogen (secondary N) is 1. The highest BCUT2D eigenvalue weighted by atomic mass is 16.5. The number of carbonyl (C=O) groups is 2. The average Bonchev–Trinajstić information content (AvgIpc) is 3.48. The summed E-state index contributed by atoms with van der Waals surface area (Å²) in [5, 5.41) is 23.4. The SMILES string of the molecule is CCCCCCCC/C=C\CCCCCCCC(=O)OCCCCCCCCCCCCCCCCCCCCCCCCCCCCCCCCCCC(=O)NC(CO)C(O)CCCCCCCCCCCCCCCCCCCC. The zero-order valence-corrected chi connectivity index (χ0v) is 56.0. The van der Waals surface area contributed by atoms with Gasteiger partial charge in [-0.1, -0.05) is 386 Å². The molecule has 0 spiro atoms. The zero-order chi connectivity index (χ0) is 59.2. The van der Waals surface area contributed by atoms with Gasteiger partial charge in [-0.25, -0.2) is 0 Å². The van der Waals surface area contributed by atoms with Crippen molar-refractivity contribution < 1.29 is 24.5 Å². The lowest BCUT2D eigenvalue weighted by molar-refractivity contribution is -0.143. The van der Waals surface area contributed by atoms with E-state index in [1.54, 1.807) is 0 Å². The van der Waals surface area contributed by atoms with Crippen LogP contribution in [-0.4, -0.2) is 47.4 Å². The van der Waals surface area contributed by atoms with E-state index in [2.05, 4.69) is 31.3 Å². The number of unbranched alkanes of at least 4 members (excludes halogenated alkanes) is 59. The molecular weight excluding hydrogens is 1010 g/mol. The van der Waals surface area contributed by atoms with Gasteiger partial charge < -0.3 is 20.3 Å². The van der Waals surface area contributed by atoms with Crippen LogP contribution in [-0.2, 0) is 14.3 Å². The summed E-state index contributed by atoms with van der Waals surface area (Å²) >= 11 is 0. The Morgan fingerprint density at radius 3 is 0.866 bits per heavy atom. The number of ether oxygens (including phenoxy) is 1. The third-order valence-electron chi connectivity index (χ3n) is 18.1. The van der Waals surface area contributed by atoms with Crippen LogP contribution in [0.15, 0.2) is 12.2 Å². The second-order valence-electron chi connectivity index (χ2n) is 26.3. The minimum Gasteiger partial charge on any atom is -0.466 e. The van der Waals surface area contributed by atoms with Crippen LogP contribution in [0.25, 0.3) is 0 Å². The maximum atomic E-state index is 12.5. The number of hydrogen-bond donors (Lipinski definition) is 3. The summed E-state index contributed by atoms with van der Waals surface area (Å²) in [7, 11) is 0. The van der Waals surface area contributed by atoms with E-state index in [0.29, 0.717) is 25.9 Å². The summed E-state index contributed by atoms with van der Waals surface area (Å²) in [5.41, 5.74) is 0. The van der Waals surface area contributed by atoms with E-state index in [1.165, 1.54) is 360 Å². The van der Waals surface area contributed by atoms with Gasteiger partial charge in [0.2, 0.25) is 5.91 Å². The van der Waals surface area contributed by atoms with Crippen molar-refractivity contribution in [2.45, 2.75) is 450 Å². The van der Waals surface area contributed by atoms with E-state index in [-0.39, 0.29) is 18.5 Å². The third kappa shape index (κ3) is 67.7. The summed E-state index contributed by atoms with van der Waals surface area (Å²) in [4.78, 5) is 24.6. The number of allylic oxidation sites excluding steroid dienone is 2. The Balaban J connectivity index is 3.31. The predicted octanol–water partition coefficient (Wildman–Crippen LogP) is 24.7. The van der Waals surface area contributed by atoms with Gasteiger partial charge >= 0.3 is 5.97 Å². The fraction of sp³-hybridized carbons (Fsp3) is 0.947. The summed E-state index contributed by atoms with van der Waals surface area (Å²) in [6, 6.07) is -0.538. The standard InChI is InChI=1S/C76H149NO5/c1-3-5-7-9-11-13-15-17-19-20-37-41-44-48-52-56-60-64-68-74(79)73(72-78)77-75(80)69-65-61-57-53-49-45-42-38-35-33-31-29-27-25-23-21-22-24-26-28-30-32-34-36-39-43-47-51-55-59-63-67-71-82-76(81)70-66-62-58-54-50-46-40-18-16-14-12-10-8-6-4-2/h18,40,73-74,78-79H,3-17,19-39,41-72H2,1-2H3,(H,77,80)/b40-18-. The number of hydrogen-bond acceptors (Lipinski definition) is 5. The van der Waals surface area contributed by atoms with Gasteiger partial charge in [0, 0.05) is 12.8 Å². The lowest BCUT2D eigenvalue weighted by atomic mass is 10.0. The smallest absolute Gasteiger partial charge is 0.305 e. The van der Waals surface area contributed by atoms with Crippen molar-refractivity contribution >= 4 is 11.9 Å². The van der Waals surface area contributed by atoms with Crippen molar-refractivity contribution in [3.05, 3.63) is 12.2 Å². The molecule has 6 nitrogen and oxygen atoms in total. The first kappa shape index (κ1) is 80.6. The molecule has 0 aromatic heterocycles. The van der Waals surface area contributed by atoms with Gasteiger partial charge in [0.1, 0.15) is 0 Å². The van der Waals surface area contributed by atoms with Crippen molar-refractivity contribution in [2.24, 2.45) is 0 Å². The first-order valence-corrected chi connectivity index (χ1v) is 37.9. The van der Waals surface area contributed by atoms with Crippen molar-refractivity contribution in [3.8, 4) is 0 Å². The molecule has 0 aromatic carbocycles. The molecule has 0 radical (unpaired) electrons. The topological polar surface area (TPSA) is 95.9 Å². The van der Waals surface area contributed by atoms with Gasteiger partial charge in [0.25, 0.3) is 0 Å². The van der Waals surface area contributed by atoms with E-state index in [0.717, 1.165) is 44.9 Å². The quantitative estimate of drug-likeness (QED) is 0.0320. The maximum Gasteiger partial charge on any atom is 0.305 e. The van der Waals surface area contributed by atoms with Crippen molar-refractivity contribution in [3.63, 3.8) is 0 Å². The van der Waals surface area contributed by atoms with E-state index in [4.69, 9.17) is 4.74 Å². The molecule has 0 aromatic rings. The maximum absolute atomic E-state index is 12.5. The Morgan fingerprint density at radius 2 is 0.573 bits per heavy atom. The number of carbonyl (C=O) groups excluding carboxylic acids is 2. The zero-order valence-electron chi connectivity index (χ0n) is 56.0. The van der Waals surface area contributed by atoms with E-state index in [9.17, 15) is 19.8 Å². The number of esters is 1. The molecule has 82 heavy (non-hydrogen) atoms. The summed E-state index contributed by atoms with van der Waals surface area (Å²) in [6.45, 7) is 4.99. The molecule has 488 valence electrons. The highest BCUT2D eigenvalue weighted by Crippen LogP contribution is 2.20. The second kappa shape index (κ2) is 72.1. The second-order valence-corrected chi connectivity index (χ2v) is 26.3. The first-order chi connectivity index (χ1) is 40.5. The molecule has 3 N–H and O–H groups in total. The Kier molecular flexibility index (Phi) is 70.8. The summed E-state index contributed by atoms with van der Waals surface area (Å²) in [6.07, 6.45) is 90.0. The molecular formula is C76H149NO5. The minimum absolute atomic E-state index is 0.0143. The number of aliphatic hydroxyl groups excluding tert-OH is 2. The van der Waals surface area contributed by atoms with Crippen LogP contribution in [0.5, 0.6) is 0 Å². The highest BCUT2D eigenvalue weighted by Gasteiger charge is 2.20. The van der Waals surface area contributed by atoms with Gasteiger partial charge in [-0.2, -0.15) is 0 Å². The molecule has 1 amide bonds. The average molecular weight is 1160 g/mol. The Labute approximate surface area is 514 Å². The predicted molar refractivity (Wildman–Crippen MR) is 361 cm³/mol. The van der Waals surface area contributed by atoms with Gasteiger partial charge in [0.05, 0.1) is 25.4 Å². The van der Waals surface area contributed by atoms with Crippen LogP contribution in [0.3, 0.4) is 0 Å². The minimum atomic E-state index is -0.661. The molecule has 0 fully saturated rings. The molecule has 0 aliphatic rings. The molecule has 0 rings (SSSR count). The third-order valence-corrected chi connectivity index (χ3v) is 18.1. The summed E-state index contributed by atoms with van der Waals surface area (Å²) in [5.74, 6) is -0.0114. The van der Waals surface area contributed by atoms with Gasteiger partial charge in [-0.15, -0.1) is 0 Å². The van der Waals surface area contributed by atoms with E-state index >= 15 is 0 Å². The fourth-order valence-electron chi connectivity index (χ4n) is 12.3. The number of aliphatic hydroxyl groups is 2. The first-order valence-electron chi connectivity index (χ1n) is 37.9. The fourth-order valence-corrected chi connectivity index (χ4v) is 12.3. The molecule has 2 unspecified atom stereocenters. The number of amides is 1. The normalized spacial score (nSPS) is 12.5.